The molecule has 0 radical (unpaired) electrons. The first-order valence-electron chi connectivity index (χ1n) is 10.3. The van der Waals surface area contributed by atoms with E-state index in [1.165, 1.54) is 12.8 Å². The Kier molecular flexibility index (Phi) is 4.44. The summed E-state index contributed by atoms with van der Waals surface area (Å²) < 4.78 is 0. The number of hydrogen-bond donors (Lipinski definition) is 2. The van der Waals surface area contributed by atoms with Crippen LogP contribution in [-0.2, 0) is 22.7 Å². The Balaban J connectivity index is 1.28. The van der Waals surface area contributed by atoms with Gasteiger partial charge in [0.1, 0.15) is 6.04 Å². The minimum atomic E-state index is -0.547. The van der Waals surface area contributed by atoms with Gasteiger partial charge in [-0.1, -0.05) is 12.1 Å². The standard InChI is InChI=1S/C21H26N4O3/c26-19-6-5-18(20(27)23-19)25-11-14-4-3-13(8-16(14)21(25)28)9-24-10-15-2-1-7-22-17(15)12-24/h3-4,8,15,17-18,22H,1-2,5-7,9-12H2,(H,23,26,27)/t15-,17+,18?/m0/s1. The van der Waals surface area contributed by atoms with Crippen LogP contribution in [0.3, 0.4) is 0 Å². The zero-order valence-corrected chi connectivity index (χ0v) is 15.9. The highest BCUT2D eigenvalue weighted by molar-refractivity contribution is 6.05. The molecule has 3 fully saturated rings. The van der Waals surface area contributed by atoms with Gasteiger partial charge in [0.2, 0.25) is 11.8 Å². The van der Waals surface area contributed by atoms with Crippen LogP contribution in [0.2, 0.25) is 0 Å². The lowest BCUT2D eigenvalue weighted by Crippen LogP contribution is -2.52. The zero-order valence-electron chi connectivity index (χ0n) is 15.9. The SMILES string of the molecule is O=C1CCC(N2Cc3ccc(CN4C[C@@H]5CCCN[C@@H]5C4)cc3C2=O)C(=O)N1. The molecule has 0 saturated carbocycles. The molecule has 28 heavy (non-hydrogen) atoms. The lowest BCUT2D eigenvalue weighted by Gasteiger charge is -2.29. The molecule has 3 amide bonds. The highest BCUT2D eigenvalue weighted by Gasteiger charge is 2.39. The first-order chi connectivity index (χ1) is 13.6. The maximum absolute atomic E-state index is 13.0. The normalized spacial score (nSPS) is 30.4. The largest absolute Gasteiger partial charge is 0.322 e. The van der Waals surface area contributed by atoms with Crippen molar-refractivity contribution < 1.29 is 14.4 Å². The number of hydrogen-bond acceptors (Lipinski definition) is 5. The third-order valence-corrected chi connectivity index (χ3v) is 6.67. The number of rotatable bonds is 3. The van der Waals surface area contributed by atoms with Crippen molar-refractivity contribution in [2.45, 2.75) is 50.9 Å². The van der Waals surface area contributed by atoms with Gasteiger partial charge in [0.05, 0.1) is 0 Å². The molecule has 1 aromatic carbocycles. The van der Waals surface area contributed by atoms with Crippen molar-refractivity contribution in [2.75, 3.05) is 19.6 Å². The van der Waals surface area contributed by atoms with Crippen LogP contribution < -0.4 is 10.6 Å². The van der Waals surface area contributed by atoms with Gasteiger partial charge in [0.15, 0.2) is 0 Å². The van der Waals surface area contributed by atoms with Crippen molar-refractivity contribution in [3.8, 4) is 0 Å². The van der Waals surface area contributed by atoms with E-state index in [-0.39, 0.29) is 24.1 Å². The minimum Gasteiger partial charge on any atom is -0.322 e. The third-order valence-electron chi connectivity index (χ3n) is 6.67. The van der Waals surface area contributed by atoms with Gasteiger partial charge in [-0.2, -0.15) is 0 Å². The molecule has 7 heteroatoms. The summed E-state index contributed by atoms with van der Waals surface area (Å²) in [5.41, 5.74) is 2.82. The number of likely N-dealkylation sites (tertiary alicyclic amines) is 1. The monoisotopic (exact) mass is 382 g/mol. The number of nitrogens with one attached hydrogen (secondary N) is 2. The maximum atomic E-state index is 13.0. The second-order valence-electron chi connectivity index (χ2n) is 8.55. The van der Waals surface area contributed by atoms with Crippen LogP contribution in [0.15, 0.2) is 18.2 Å². The highest BCUT2D eigenvalue weighted by atomic mass is 16.2. The lowest BCUT2D eigenvalue weighted by atomic mass is 9.94. The van der Waals surface area contributed by atoms with Gasteiger partial charge in [-0.15, -0.1) is 0 Å². The molecule has 0 bridgehead atoms. The molecule has 5 rings (SSSR count). The van der Waals surface area contributed by atoms with Gasteiger partial charge in [0, 0.05) is 44.2 Å². The first-order valence-corrected chi connectivity index (χ1v) is 10.3. The predicted molar refractivity (Wildman–Crippen MR) is 102 cm³/mol. The van der Waals surface area contributed by atoms with Crippen molar-refractivity contribution in [1.29, 1.82) is 0 Å². The maximum Gasteiger partial charge on any atom is 0.255 e. The quantitative estimate of drug-likeness (QED) is 0.750. The van der Waals surface area contributed by atoms with Crippen LogP contribution in [0.1, 0.15) is 47.2 Å². The fourth-order valence-corrected chi connectivity index (χ4v) is 5.22. The Morgan fingerprint density at radius 1 is 1.11 bits per heavy atom. The molecular formula is C21H26N4O3. The van der Waals surface area contributed by atoms with E-state index in [0.717, 1.165) is 43.2 Å². The Labute approximate surface area is 164 Å². The molecule has 148 valence electrons. The van der Waals surface area contributed by atoms with E-state index >= 15 is 0 Å². The van der Waals surface area contributed by atoms with Crippen LogP contribution in [0, 0.1) is 5.92 Å². The molecule has 1 aromatic rings. The number of piperidine rings is 2. The average molecular weight is 382 g/mol. The number of carbonyl (C=O) groups excluding carboxylic acids is 3. The number of carbonyl (C=O) groups is 3. The molecular weight excluding hydrogens is 356 g/mol. The van der Waals surface area contributed by atoms with Crippen molar-refractivity contribution in [1.82, 2.24) is 20.4 Å². The fourth-order valence-electron chi connectivity index (χ4n) is 5.22. The van der Waals surface area contributed by atoms with Gasteiger partial charge in [-0.25, -0.2) is 0 Å². The topological polar surface area (TPSA) is 81.8 Å². The summed E-state index contributed by atoms with van der Waals surface area (Å²) in [5, 5.41) is 5.98. The molecule has 4 aliphatic rings. The summed E-state index contributed by atoms with van der Waals surface area (Å²) in [6, 6.07) is 6.19. The molecule has 0 aromatic heterocycles. The summed E-state index contributed by atoms with van der Waals surface area (Å²) in [4.78, 5) is 40.6. The molecule has 4 heterocycles. The molecule has 3 saturated heterocycles. The Morgan fingerprint density at radius 2 is 2.00 bits per heavy atom. The molecule has 2 N–H and O–H groups in total. The summed E-state index contributed by atoms with van der Waals surface area (Å²) in [5.74, 6) is 0.0362. The molecule has 1 unspecified atom stereocenters. The lowest BCUT2D eigenvalue weighted by molar-refractivity contribution is -0.136. The van der Waals surface area contributed by atoms with Gasteiger partial charge >= 0.3 is 0 Å². The number of amides is 3. The van der Waals surface area contributed by atoms with E-state index in [0.29, 0.717) is 24.6 Å². The molecule has 0 aliphatic carbocycles. The van der Waals surface area contributed by atoms with Crippen molar-refractivity contribution in [3.63, 3.8) is 0 Å². The van der Waals surface area contributed by atoms with Gasteiger partial charge in [0.25, 0.3) is 5.91 Å². The van der Waals surface area contributed by atoms with E-state index in [1.807, 2.05) is 12.1 Å². The number of fused-ring (bicyclic) bond motifs is 2. The van der Waals surface area contributed by atoms with E-state index in [4.69, 9.17) is 0 Å². The summed E-state index contributed by atoms with van der Waals surface area (Å²) >= 11 is 0. The number of benzene rings is 1. The van der Waals surface area contributed by atoms with Crippen LogP contribution in [0.5, 0.6) is 0 Å². The van der Waals surface area contributed by atoms with Gasteiger partial charge in [-0.3, -0.25) is 24.6 Å². The Bertz CT molecular complexity index is 825. The van der Waals surface area contributed by atoms with Gasteiger partial charge < -0.3 is 10.2 Å². The summed E-state index contributed by atoms with van der Waals surface area (Å²) in [6.07, 6.45) is 3.25. The molecule has 7 nitrogen and oxygen atoms in total. The van der Waals surface area contributed by atoms with Crippen molar-refractivity contribution in [2.24, 2.45) is 5.92 Å². The average Bonchev–Trinajstić information content (AvgIpc) is 3.23. The van der Waals surface area contributed by atoms with Crippen LogP contribution >= 0.6 is 0 Å². The van der Waals surface area contributed by atoms with Crippen molar-refractivity contribution in [3.05, 3.63) is 34.9 Å². The van der Waals surface area contributed by atoms with Gasteiger partial charge in [-0.05, 0) is 48.9 Å². The minimum absolute atomic E-state index is 0.0943. The summed E-state index contributed by atoms with van der Waals surface area (Å²) in [6.45, 7) is 4.61. The molecule has 4 aliphatic heterocycles. The second-order valence-corrected chi connectivity index (χ2v) is 8.55. The molecule has 3 atom stereocenters. The predicted octanol–water partition coefficient (Wildman–Crippen LogP) is 0.631. The smallest absolute Gasteiger partial charge is 0.255 e. The van der Waals surface area contributed by atoms with E-state index < -0.39 is 6.04 Å². The summed E-state index contributed by atoms with van der Waals surface area (Å²) in [7, 11) is 0. The van der Waals surface area contributed by atoms with Crippen LogP contribution in [0.25, 0.3) is 0 Å². The van der Waals surface area contributed by atoms with Crippen LogP contribution in [0.4, 0.5) is 0 Å². The van der Waals surface area contributed by atoms with Crippen molar-refractivity contribution >= 4 is 17.7 Å². The van der Waals surface area contributed by atoms with E-state index in [2.05, 4.69) is 21.6 Å². The molecule has 0 spiro atoms. The first kappa shape index (κ1) is 17.8. The Morgan fingerprint density at radius 3 is 2.82 bits per heavy atom. The highest BCUT2D eigenvalue weighted by Crippen LogP contribution is 2.30. The third kappa shape index (κ3) is 3.12. The second kappa shape index (κ2) is 6.97. The van der Waals surface area contributed by atoms with E-state index in [1.54, 1.807) is 4.90 Å². The van der Waals surface area contributed by atoms with E-state index in [9.17, 15) is 14.4 Å². The number of nitrogens with zero attached hydrogens (tertiary/aromatic N) is 2. The number of imide groups is 1. The fraction of sp³-hybridized carbons (Fsp3) is 0.571. The van der Waals surface area contributed by atoms with Crippen LogP contribution in [-0.4, -0.2) is 59.2 Å². The zero-order chi connectivity index (χ0) is 19.3. The Hall–Kier alpha value is -2.25.